The van der Waals surface area contributed by atoms with E-state index in [1.165, 1.54) is 0 Å². The van der Waals surface area contributed by atoms with Crippen molar-refractivity contribution >= 4 is 17.7 Å². The highest BCUT2D eigenvalue weighted by atomic mass is 16.4. The Kier molecular flexibility index (Phi) is 6.83. The first-order valence-corrected chi connectivity index (χ1v) is 5.19. The molecule has 0 spiro atoms. The van der Waals surface area contributed by atoms with Crippen molar-refractivity contribution in [2.45, 2.75) is 31.3 Å². The van der Waals surface area contributed by atoms with Crippen molar-refractivity contribution in [1.29, 1.82) is 5.41 Å². The van der Waals surface area contributed by atoms with Crippen LogP contribution >= 0.6 is 0 Å². The summed E-state index contributed by atoms with van der Waals surface area (Å²) in [7, 11) is 0. The number of carbonyl (C=O) groups is 2. The van der Waals surface area contributed by atoms with Crippen LogP contribution in [0.3, 0.4) is 0 Å². The summed E-state index contributed by atoms with van der Waals surface area (Å²) < 4.78 is 0. The van der Waals surface area contributed by atoms with Crippen molar-refractivity contribution in [3.8, 4) is 0 Å². The van der Waals surface area contributed by atoms with Crippen LogP contribution in [0.2, 0.25) is 0 Å². The number of rotatable bonds is 5. The molecule has 17 heavy (non-hydrogen) atoms. The van der Waals surface area contributed by atoms with E-state index in [-0.39, 0.29) is 17.8 Å². The largest absolute Gasteiger partial charge is 0.480 e. The number of carboxylic acid groups (broad SMARTS) is 1. The van der Waals surface area contributed by atoms with Crippen molar-refractivity contribution in [3.63, 3.8) is 0 Å². The van der Waals surface area contributed by atoms with E-state index in [0.29, 0.717) is 25.8 Å². The summed E-state index contributed by atoms with van der Waals surface area (Å²) in [6, 6.07) is -0.909. The van der Waals surface area contributed by atoms with Crippen LogP contribution in [0.5, 0.6) is 0 Å². The highest BCUT2D eigenvalue weighted by Crippen LogP contribution is 2.07. The molecule has 0 bridgehead atoms. The standard InChI is InChI=1S/C6H14N4O2.C3H5NO/c7-4(5(11)12)2-1-3-10-6(8)9;4-2-1-3(2)5/h4H,1-3,7H2,(H,11,12)(H4,8,9,10);2H,1,4H2/t4-;/m0./s1. The molecule has 1 fully saturated rings. The molecular formula is C9H19N5O3. The van der Waals surface area contributed by atoms with E-state index in [2.05, 4.69) is 5.32 Å². The predicted molar refractivity (Wildman–Crippen MR) is 62.4 cm³/mol. The Morgan fingerprint density at radius 2 is 2.12 bits per heavy atom. The summed E-state index contributed by atoms with van der Waals surface area (Å²) in [4.78, 5) is 20.0. The van der Waals surface area contributed by atoms with Crippen molar-refractivity contribution < 1.29 is 14.7 Å². The molecular weight excluding hydrogens is 226 g/mol. The quantitative estimate of drug-likeness (QED) is 0.184. The number of hydrogen-bond acceptors (Lipinski definition) is 5. The molecule has 0 aromatic heterocycles. The van der Waals surface area contributed by atoms with Crippen LogP contribution in [0.25, 0.3) is 0 Å². The highest BCUT2D eigenvalue weighted by Gasteiger charge is 2.29. The summed E-state index contributed by atoms with van der Waals surface area (Å²) >= 11 is 0. The molecule has 8 heteroatoms. The number of carbonyl (C=O) groups excluding carboxylic acids is 1. The Bertz CT molecular complexity index is 294. The lowest BCUT2D eigenvalue weighted by Crippen LogP contribution is -2.34. The second-order valence-electron chi connectivity index (χ2n) is 3.70. The van der Waals surface area contributed by atoms with Gasteiger partial charge in [0, 0.05) is 13.0 Å². The van der Waals surface area contributed by atoms with Crippen LogP contribution < -0.4 is 22.5 Å². The van der Waals surface area contributed by atoms with Gasteiger partial charge in [-0.05, 0) is 12.8 Å². The highest BCUT2D eigenvalue weighted by molar-refractivity contribution is 5.99. The van der Waals surface area contributed by atoms with E-state index < -0.39 is 12.0 Å². The van der Waals surface area contributed by atoms with Gasteiger partial charge in [-0.3, -0.25) is 15.0 Å². The third-order valence-electron chi connectivity index (χ3n) is 2.00. The zero-order valence-corrected chi connectivity index (χ0v) is 9.48. The lowest BCUT2D eigenvalue weighted by atomic mass is 10.2. The number of carboxylic acids is 1. The van der Waals surface area contributed by atoms with Gasteiger partial charge in [0.15, 0.2) is 11.7 Å². The first-order valence-electron chi connectivity index (χ1n) is 5.19. The van der Waals surface area contributed by atoms with E-state index in [1.807, 2.05) is 0 Å². The topological polar surface area (TPSA) is 168 Å². The molecule has 0 radical (unpaired) electrons. The predicted octanol–water partition coefficient (Wildman–Crippen LogP) is -2.05. The van der Waals surface area contributed by atoms with Gasteiger partial charge in [0.2, 0.25) is 0 Å². The maximum Gasteiger partial charge on any atom is 0.320 e. The van der Waals surface area contributed by atoms with Crippen molar-refractivity contribution in [1.82, 2.24) is 5.32 Å². The smallest absolute Gasteiger partial charge is 0.320 e. The zero-order chi connectivity index (χ0) is 13.4. The fourth-order valence-corrected chi connectivity index (χ4v) is 0.826. The third-order valence-corrected chi connectivity index (χ3v) is 2.00. The Morgan fingerprint density at radius 3 is 2.41 bits per heavy atom. The van der Waals surface area contributed by atoms with Gasteiger partial charge in [0.25, 0.3) is 0 Å². The van der Waals surface area contributed by atoms with Crippen LogP contribution in [-0.4, -0.2) is 41.4 Å². The van der Waals surface area contributed by atoms with Crippen molar-refractivity contribution in [2.75, 3.05) is 6.54 Å². The Labute approximate surface area is 99.0 Å². The molecule has 1 aliphatic carbocycles. The number of guanidine groups is 1. The van der Waals surface area contributed by atoms with Crippen LogP contribution in [0, 0.1) is 5.41 Å². The van der Waals surface area contributed by atoms with Crippen LogP contribution in [0.4, 0.5) is 0 Å². The second-order valence-corrected chi connectivity index (χ2v) is 3.70. The number of Topliss-reactive ketones (excluding diaryl/α,β-unsaturated/α-hetero) is 1. The minimum atomic E-state index is -1.00. The number of ketones is 1. The van der Waals surface area contributed by atoms with Crippen LogP contribution in [-0.2, 0) is 9.59 Å². The molecule has 98 valence electrons. The van der Waals surface area contributed by atoms with Crippen LogP contribution in [0.1, 0.15) is 19.3 Å². The maximum absolute atomic E-state index is 10.2. The summed E-state index contributed by atoms with van der Waals surface area (Å²) in [6.07, 6.45) is 1.59. The molecule has 1 saturated carbocycles. The molecule has 1 rings (SSSR count). The number of aliphatic carboxylic acids is 1. The van der Waals surface area contributed by atoms with E-state index in [9.17, 15) is 9.59 Å². The monoisotopic (exact) mass is 245 g/mol. The van der Waals surface area contributed by atoms with Gasteiger partial charge in [0.1, 0.15) is 6.04 Å². The van der Waals surface area contributed by atoms with Gasteiger partial charge >= 0.3 is 5.97 Å². The van der Waals surface area contributed by atoms with Gasteiger partial charge in [0.05, 0.1) is 6.04 Å². The normalized spacial score (nSPS) is 18.7. The molecule has 0 heterocycles. The lowest BCUT2D eigenvalue weighted by Gasteiger charge is -2.06. The van der Waals surface area contributed by atoms with E-state index in [4.69, 9.17) is 27.7 Å². The molecule has 8 nitrogen and oxygen atoms in total. The molecule has 1 aliphatic rings. The summed E-state index contributed by atoms with van der Waals surface area (Å²) in [6.45, 7) is 0.482. The number of hydrogen-bond donors (Lipinski definition) is 6. The zero-order valence-electron chi connectivity index (χ0n) is 9.48. The molecule has 0 saturated heterocycles. The third kappa shape index (κ3) is 9.27. The second kappa shape index (κ2) is 7.58. The van der Waals surface area contributed by atoms with E-state index >= 15 is 0 Å². The Balaban J connectivity index is 0.000000419. The lowest BCUT2D eigenvalue weighted by molar-refractivity contribution is -0.138. The van der Waals surface area contributed by atoms with E-state index in [0.717, 1.165) is 0 Å². The van der Waals surface area contributed by atoms with Gasteiger partial charge < -0.3 is 27.6 Å². The Hall–Kier alpha value is -1.67. The van der Waals surface area contributed by atoms with Gasteiger partial charge in [-0.2, -0.15) is 0 Å². The SMILES string of the molecule is N=C(N)NCCC[C@H](N)C(=O)O.NC1CC1=O. The summed E-state index contributed by atoms with van der Waals surface area (Å²) in [5, 5.41) is 17.7. The number of nitrogens with two attached hydrogens (primary N) is 3. The fraction of sp³-hybridized carbons (Fsp3) is 0.667. The molecule has 0 aromatic carbocycles. The summed E-state index contributed by atoms with van der Waals surface area (Å²) in [5.41, 5.74) is 15.2. The molecule has 0 amide bonds. The fourth-order valence-electron chi connectivity index (χ4n) is 0.826. The molecule has 2 atom stereocenters. The summed E-state index contributed by atoms with van der Waals surface area (Å²) in [5.74, 6) is -0.915. The van der Waals surface area contributed by atoms with Gasteiger partial charge in [-0.15, -0.1) is 0 Å². The first kappa shape index (κ1) is 15.3. The van der Waals surface area contributed by atoms with E-state index in [1.54, 1.807) is 0 Å². The minimum Gasteiger partial charge on any atom is -0.480 e. The number of nitrogens with one attached hydrogen (secondary N) is 2. The van der Waals surface area contributed by atoms with Gasteiger partial charge in [-0.25, -0.2) is 0 Å². The molecule has 1 unspecified atom stereocenters. The molecule has 0 aromatic rings. The molecule has 0 aliphatic heterocycles. The van der Waals surface area contributed by atoms with Gasteiger partial charge in [-0.1, -0.05) is 0 Å². The minimum absolute atomic E-state index is 0.0880. The first-order chi connectivity index (χ1) is 7.84. The average Bonchev–Trinajstić information content (AvgIpc) is 2.87. The van der Waals surface area contributed by atoms with Crippen LogP contribution in [0.15, 0.2) is 0 Å². The maximum atomic E-state index is 10.2. The van der Waals surface area contributed by atoms with Crippen molar-refractivity contribution in [2.24, 2.45) is 17.2 Å². The average molecular weight is 245 g/mol. The molecule has 9 N–H and O–H groups in total. The Morgan fingerprint density at radius 1 is 1.65 bits per heavy atom. The van der Waals surface area contributed by atoms with Crippen molar-refractivity contribution in [3.05, 3.63) is 0 Å².